The smallest absolute Gasteiger partial charge is 0.260 e. The molecule has 3 heterocycles. The van der Waals surface area contributed by atoms with Crippen molar-refractivity contribution in [3.63, 3.8) is 0 Å². The van der Waals surface area contributed by atoms with Crippen molar-refractivity contribution in [1.82, 2.24) is 14.2 Å². The summed E-state index contributed by atoms with van der Waals surface area (Å²) in [7, 11) is -3.92. The van der Waals surface area contributed by atoms with Gasteiger partial charge in [0.2, 0.25) is 5.91 Å². The first kappa shape index (κ1) is 21.9. The maximum atomic E-state index is 13.4. The molecule has 166 valence electrons. The highest BCUT2D eigenvalue weighted by atomic mass is 32.2. The Morgan fingerprint density at radius 2 is 1.87 bits per heavy atom. The van der Waals surface area contributed by atoms with Crippen LogP contribution in [0.4, 0.5) is 0 Å². The second kappa shape index (κ2) is 9.44. The van der Waals surface area contributed by atoms with Gasteiger partial charge in [0.15, 0.2) is 5.03 Å². The third-order valence-electron chi connectivity index (χ3n) is 5.95. The molecule has 9 heteroatoms. The second-order valence-electron chi connectivity index (χ2n) is 7.96. The number of amides is 1. The zero-order chi connectivity index (χ0) is 21.8. The number of hydrogen-bond acceptors (Lipinski definition) is 6. The summed E-state index contributed by atoms with van der Waals surface area (Å²) in [5, 5.41) is 9.29. The van der Waals surface area contributed by atoms with Gasteiger partial charge in [0.25, 0.3) is 10.0 Å². The van der Waals surface area contributed by atoms with Gasteiger partial charge in [-0.3, -0.25) is 4.79 Å². The van der Waals surface area contributed by atoms with Crippen molar-refractivity contribution in [1.29, 1.82) is 0 Å². The Kier molecular flexibility index (Phi) is 6.66. The number of piperidine rings is 1. The minimum absolute atomic E-state index is 0.0267. The molecule has 4 rings (SSSR count). The van der Waals surface area contributed by atoms with Gasteiger partial charge in [-0.1, -0.05) is 30.3 Å². The molecule has 0 radical (unpaired) electrons. The molecule has 2 aromatic rings. The first-order chi connectivity index (χ1) is 15.0. The second-order valence-corrected chi connectivity index (χ2v) is 9.85. The highest BCUT2D eigenvalue weighted by molar-refractivity contribution is 7.89. The number of hydrogen-bond donors (Lipinski definition) is 1. The van der Waals surface area contributed by atoms with Crippen LogP contribution in [0.3, 0.4) is 0 Å². The van der Waals surface area contributed by atoms with E-state index in [1.54, 1.807) is 11.0 Å². The van der Waals surface area contributed by atoms with E-state index in [-0.39, 0.29) is 36.5 Å². The number of ether oxygens (including phenoxy) is 1. The summed E-state index contributed by atoms with van der Waals surface area (Å²) in [6.45, 7) is 2.18. The fourth-order valence-corrected chi connectivity index (χ4v) is 5.78. The number of rotatable bonds is 5. The first-order valence-corrected chi connectivity index (χ1v) is 11.9. The molecule has 0 aliphatic carbocycles. The monoisotopic (exact) mass is 445 g/mol. The average Bonchev–Trinajstić information content (AvgIpc) is 2.84. The molecule has 1 aromatic heterocycles. The maximum absolute atomic E-state index is 13.4. The third-order valence-corrected chi connectivity index (χ3v) is 7.68. The van der Waals surface area contributed by atoms with Gasteiger partial charge in [0, 0.05) is 32.4 Å². The van der Waals surface area contributed by atoms with Crippen LogP contribution in [0, 0.1) is 5.92 Å². The molecule has 1 amide bonds. The van der Waals surface area contributed by atoms with E-state index in [9.17, 15) is 18.3 Å². The third kappa shape index (κ3) is 4.79. The van der Waals surface area contributed by atoms with Crippen LogP contribution in [0.25, 0.3) is 0 Å². The molecule has 0 spiro atoms. The molecule has 0 saturated carbocycles. The SMILES string of the molecule is O=C(C1CC(c2ccccc2)CN(S(=O)(=O)c2cc(CO)ccn2)C1)N1CCOCC1. The Morgan fingerprint density at radius 1 is 1.13 bits per heavy atom. The fraction of sp³-hybridized carbons (Fsp3) is 0.455. The van der Waals surface area contributed by atoms with Crippen LogP contribution in [-0.2, 0) is 26.2 Å². The highest BCUT2D eigenvalue weighted by Gasteiger charge is 2.40. The van der Waals surface area contributed by atoms with Crippen LogP contribution in [-0.4, -0.2) is 73.0 Å². The Balaban J connectivity index is 1.64. The van der Waals surface area contributed by atoms with Crippen molar-refractivity contribution in [2.75, 3.05) is 39.4 Å². The van der Waals surface area contributed by atoms with Crippen LogP contribution in [0.5, 0.6) is 0 Å². The summed E-state index contributed by atoms with van der Waals surface area (Å²) in [6, 6.07) is 12.7. The number of aliphatic hydroxyl groups is 1. The van der Waals surface area contributed by atoms with Gasteiger partial charge in [-0.05, 0) is 35.6 Å². The Bertz CT molecular complexity index is 1010. The predicted molar refractivity (Wildman–Crippen MR) is 114 cm³/mol. The number of aromatic nitrogens is 1. The van der Waals surface area contributed by atoms with Crippen molar-refractivity contribution in [3.05, 3.63) is 59.8 Å². The number of carbonyl (C=O) groups is 1. The summed E-state index contributed by atoms with van der Waals surface area (Å²) >= 11 is 0. The number of pyridine rings is 1. The molecule has 2 atom stereocenters. The van der Waals surface area contributed by atoms with Crippen molar-refractivity contribution in [3.8, 4) is 0 Å². The fourth-order valence-electron chi connectivity index (χ4n) is 4.26. The summed E-state index contributed by atoms with van der Waals surface area (Å²) < 4.78 is 33.6. The number of nitrogens with zero attached hydrogens (tertiary/aromatic N) is 3. The Hall–Kier alpha value is -2.33. The first-order valence-electron chi connectivity index (χ1n) is 10.5. The largest absolute Gasteiger partial charge is 0.392 e. The standard InChI is InChI=1S/C22H27N3O5S/c26-16-17-6-7-23-21(12-17)31(28,29)25-14-19(18-4-2-1-3-5-18)13-20(15-25)22(27)24-8-10-30-11-9-24/h1-7,12,19-20,26H,8-11,13-16H2. The molecule has 1 aromatic carbocycles. The van der Waals surface area contributed by atoms with E-state index < -0.39 is 15.9 Å². The van der Waals surface area contributed by atoms with Gasteiger partial charge >= 0.3 is 0 Å². The summed E-state index contributed by atoms with van der Waals surface area (Å²) in [6.07, 6.45) is 1.98. The quantitative estimate of drug-likeness (QED) is 0.743. The zero-order valence-corrected chi connectivity index (χ0v) is 18.1. The van der Waals surface area contributed by atoms with Gasteiger partial charge in [0.05, 0.1) is 25.7 Å². The molecule has 1 N–H and O–H groups in total. The van der Waals surface area contributed by atoms with Crippen molar-refractivity contribution in [2.45, 2.75) is 24.0 Å². The summed E-state index contributed by atoms with van der Waals surface area (Å²) in [5.41, 5.74) is 1.49. The van der Waals surface area contributed by atoms with Crippen LogP contribution in [0.1, 0.15) is 23.5 Å². The van der Waals surface area contributed by atoms with Gasteiger partial charge < -0.3 is 14.7 Å². The number of benzene rings is 1. The van der Waals surface area contributed by atoms with Crippen molar-refractivity contribution in [2.24, 2.45) is 5.92 Å². The molecule has 2 aliphatic heterocycles. The molecule has 2 unspecified atom stereocenters. The number of sulfonamides is 1. The van der Waals surface area contributed by atoms with E-state index in [2.05, 4.69) is 4.98 Å². The number of aliphatic hydroxyl groups excluding tert-OH is 1. The molecular formula is C22H27N3O5S. The lowest BCUT2D eigenvalue weighted by atomic mass is 9.85. The van der Waals surface area contributed by atoms with E-state index >= 15 is 0 Å². The molecule has 2 fully saturated rings. The highest BCUT2D eigenvalue weighted by Crippen LogP contribution is 2.34. The molecule has 31 heavy (non-hydrogen) atoms. The van der Waals surface area contributed by atoms with Gasteiger partial charge in [-0.25, -0.2) is 13.4 Å². The maximum Gasteiger partial charge on any atom is 0.260 e. The topological polar surface area (TPSA) is 100 Å². The summed E-state index contributed by atoms with van der Waals surface area (Å²) in [5.74, 6) is -0.560. The van der Waals surface area contributed by atoms with Crippen LogP contribution < -0.4 is 0 Å². The zero-order valence-electron chi connectivity index (χ0n) is 17.3. The van der Waals surface area contributed by atoms with Crippen molar-refractivity contribution >= 4 is 15.9 Å². The lowest BCUT2D eigenvalue weighted by Gasteiger charge is -2.39. The minimum atomic E-state index is -3.92. The van der Waals surface area contributed by atoms with Gasteiger partial charge in [0.1, 0.15) is 0 Å². The van der Waals surface area contributed by atoms with Gasteiger partial charge in [-0.2, -0.15) is 4.31 Å². The number of carbonyl (C=O) groups excluding carboxylic acids is 1. The van der Waals surface area contributed by atoms with Crippen LogP contribution in [0.15, 0.2) is 53.7 Å². The molecule has 0 bridgehead atoms. The molecule has 2 saturated heterocycles. The van der Waals surface area contributed by atoms with Crippen molar-refractivity contribution < 1.29 is 23.1 Å². The molecular weight excluding hydrogens is 418 g/mol. The lowest BCUT2D eigenvalue weighted by molar-refractivity contribution is -0.141. The average molecular weight is 446 g/mol. The van der Waals surface area contributed by atoms with Gasteiger partial charge in [-0.15, -0.1) is 0 Å². The van der Waals surface area contributed by atoms with E-state index in [1.165, 1.54) is 16.6 Å². The van der Waals surface area contributed by atoms with E-state index in [4.69, 9.17) is 4.74 Å². The summed E-state index contributed by atoms with van der Waals surface area (Å²) in [4.78, 5) is 19.1. The molecule has 2 aliphatic rings. The Labute approximate surface area is 182 Å². The van der Waals surface area contributed by atoms with E-state index in [0.29, 0.717) is 38.3 Å². The van der Waals surface area contributed by atoms with E-state index in [1.807, 2.05) is 30.3 Å². The molecule has 8 nitrogen and oxygen atoms in total. The minimum Gasteiger partial charge on any atom is -0.392 e. The van der Waals surface area contributed by atoms with E-state index in [0.717, 1.165) is 5.56 Å². The normalized spacial score (nSPS) is 22.9. The predicted octanol–water partition coefficient (Wildman–Crippen LogP) is 1.23. The van der Waals surface area contributed by atoms with Crippen LogP contribution >= 0.6 is 0 Å². The van der Waals surface area contributed by atoms with Crippen LogP contribution in [0.2, 0.25) is 0 Å². The number of morpholine rings is 1. The lowest BCUT2D eigenvalue weighted by Crippen LogP contribution is -2.51. The Morgan fingerprint density at radius 3 is 2.58 bits per heavy atom.